The Morgan fingerprint density at radius 1 is 1.21 bits per heavy atom. The summed E-state index contributed by atoms with van der Waals surface area (Å²) in [6.45, 7) is 6.39. The molecule has 0 radical (unpaired) electrons. The van der Waals surface area contributed by atoms with Crippen LogP contribution in [-0.2, 0) is 19.6 Å². The molecule has 0 saturated carbocycles. The molecule has 162 valence electrons. The van der Waals surface area contributed by atoms with Crippen LogP contribution in [0.1, 0.15) is 45.1 Å². The molecule has 0 spiro atoms. The summed E-state index contributed by atoms with van der Waals surface area (Å²) >= 11 is 0. The van der Waals surface area contributed by atoms with Gasteiger partial charge in [0.1, 0.15) is 5.82 Å². The number of nitrogens with zero attached hydrogens (tertiary/aromatic N) is 1. The second-order valence-electron chi connectivity index (χ2n) is 7.82. The van der Waals surface area contributed by atoms with Crippen LogP contribution < -0.4 is 10.6 Å². The molecule has 2 N–H and O–H groups in total. The summed E-state index contributed by atoms with van der Waals surface area (Å²) in [5, 5.41) is 5.11. The molecule has 1 heterocycles. The van der Waals surface area contributed by atoms with Gasteiger partial charge in [-0.2, -0.15) is 4.31 Å². The Morgan fingerprint density at radius 3 is 2.55 bits per heavy atom. The van der Waals surface area contributed by atoms with Gasteiger partial charge in [0.2, 0.25) is 10.0 Å². The first-order chi connectivity index (χ1) is 13.6. The Hall–Kier alpha value is -2.00. The summed E-state index contributed by atoms with van der Waals surface area (Å²) in [5.74, 6) is -1.61. The minimum absolute atomic E-state index is 0.0698. The number of hydrogen-bond donors (Lipinski definition) is 2. The quantitative estimate of drug-likeness (QED) is 0.650. The van der Waals surface area contributed by atoms with Crippen molar-refractivity contribution in [2.45, 2.75) is 57.4 Å². The number of hydrogen-bond acceptors (Lipinski definition) is 4. The van der Waals surface area contributed by atoms with Gasteiger partial charge in [-0.05, 0) is 55.9 Å². The monoisotopic (exact) mass is 427 g/mol. The number of rotatable bonds is 7. The number of piperidine rings is 1. The van der Waals surface area contributed by atoms with Gasteiger partial charge in [0.25, 0.3) is 0 Å². The van der Waals surface area contributed by atoms with Gasteiger partial charge >= 0.3 is 11.8 Å². The molecule has 1 aliphatic rings. The molecule has 0 bridgehead atoms. The van der Waals surface area contributed by atoms with Crippen molar-refractivity contribution in [2.75, 3.05) is 19.6 Å². The number of halogens is 1. The first-order valence-electron chi connectivity index (χ1n) is 9.97. The van der Waals surface area contributed by atoms with Gasteiger partial charge in [-0.3, -0.25) is 9.59 Å². The standard InChI is InChI=1S/C20H30FN3O4S/c1-14(2)13-23-20(26)19(25)22-10-9-16-6-4-5-11-24(16)29(27,28)17-7-8-18(21)15(3)12-17/h7-8,12,14,16H,4-6,9-11,13H2,1-3H3,(H,22,25)(H,23,26)/t16-/m0/s1. The van der Waals surface area contributed by atoms with E-state index >= 15 is 0 Å². The lowest BCUT2D eigenvalue weighted by molar-refractivity contribution is -0.139. The van der Waals surface area contributed by atoms with Crippen LogP contribution in [0.25, 0.3) is 0 Å². The second kappa shape index (κ2) is 10.2. The average molecular weight is 428 g/mol. The van der Waals surface area contributed by atoms with Crippen molar-refractivity contribution in [3.63, 3.8) is 0 Å². The number of aryl methyl sites for hydroxylation is 1. The number of carbonyl (C=O) groups excluding carboxylic acids is 2. The third kappa shape index (κ3) is 6.24. The summed E-state index contributed by atoms with van der Waals surface area (Å²) in [7, 11) is -3.76. The Labute approximate surface area is 172 Å². The largest absolute Gasteiger partial charge is 0.348 e. The van der Waals surface area contributed by atoms with E-state index in [1.807, 2.05) is 13.8 Å². The highest BCUT2D eigenvalue weighted by Gasteiger charge is 2.33. The Bertz CT molecular complexity index is 842. The van der Waals surface area contributed by atoms with Crippen LogP contribution in [0, 0.1) is 18.7 Å². The fourth-order valence-corrected chi connectivity index (χ4v) is 5.11. The van der Waals surface area contributed by atoms with E-state index in [0.29, 0.717) is 25.9 Å². The van der Waals surface area contributed by atoms with Crippen LogP contribution in [0.4, 0.5) is 4.39 Å². The highest BCUT2D eigenvalue weighted by Crippen LogP contribution is 2.27. The molecular weight excluding hydrogens is 397 g/mol. The molecule has 0 aliphatic carbocycles. The maximum absolute atomic E-state index is 13.5. The predicted octanol–water partition coefficient (Wildman–Crippen LogP) is 1.96. The fourth-order valence-electron chi connectivity index (χ4n) is 3.30. The second-order valence-corrected chi connectivity index (χ2v) is 9.72. The molecule has 29 heavy (non-hydrogen) atoms. The van der Waals surface area contributed by atoms with Gasteiger partial charge in [0.15, 0.2) is 0 Å². The first kappa shape index (κ1) is 23.3. The maximum atomic E-state index is 13.5. The van der Waals surface area contributed by atoms with Crippen LogP contribution in [0.5, 0.6) is 0 Å². The summed E-state index contributed by atoms with van der Waals surface area (Å²) < 4.78 is 41.1. The van der Waals surface area contributed by atoms with E-state index in [1.54, 1.807) is 0 Å². The molecule has 1 aromatic rings. The van der Waals surface area contributed by atoms with Crippen LogP contribution in [0.3, 0.4) is 0 Å². The zero-order valence-electron chi connectivity index (χ0n) is 17.2. The van der Waals surface area contributed by atoms with E-state index in [9.17, 15) is 22.4 Å². The Balaban J connectivity index is 1.99. The van der Waals surface area contributed by atoms with Crippen molar-refractivity contribution in [1.82, 2.24) is 14.9 Å². The van der Waals surface area contributed by atoms with Crippen LogP contribution in [0.2, 0.25) is 0 Å². The Morgan fingerprint density at radius 2 is 1.90 bits per heavy atom. The molecule has 1 saturated heterocycles. The third-order valence-corrected chi connectivity index (χ3v) is 6.90. The molecule has 0 unspecified atom stereocenters. The molecule has 1 aliphatic heterocycles. The molecule has 9 heteroatoms. The van der Waals surface area contributed by atoms with Crippen LogP contribution in [-0.4, -0.2) is 50.2 Å². The van der Waals surface area contributed by atoms with Gasteiger partial charge in [0.05, 0.1) is 4.90 Å². The lowest BCUT2D eigenvalue weighted by Crippen LogP contribution is -2.46. The van der Waals surface area contributed by atoms with E-state index in [2.05, 4.69) is 10.6 Å². The van der Waals surface area contributed by atoms with Crippen LogP contribution >= 0.6 is 0 Å². The lowest BCUT2D eigenvalue weighted by Gasteiger charge is -2.34. The molecule has 2 rings (SSSR count). The topological polar surface area (TPSA) is 95.6 Å². The molecule has 2 amide bonds. The molecule has 1 fully saturated rings. The van der Waals surface area contributed by atoms with E-state index in [4.69, 9.17) is 0 Å². The van der Waals surface area contributed by atoms with E-state index in [0.717, 1.165) is 18.9 Å². The number of nitrogens with one attached hydrogen (secondary N) is 2. The van der Waals surface area contributed by atoms with Crippen molar-refractivity contribution >= 4 is 21.8 Å². The van der Waals surface area contributed by atoms with Crippen molar-refractivity contribution in [3.05, 3.63) is 29.6 Å². The van der Waals surface area contributed by atoms with Gasteiger partial charge in [0, 0.05) is 25.7 Å². The average Bonchev–Trinajstić information content (AvgIpc) is 2.68. The molecule has 0 aromatic heterocycles. The highest BCUT2D eigenvalue weighted by molar-refractivity contribution is 7.89. The minimum atomic E-state index is -3.76. The molecule has 1 atom stereocenters. The van der Waals surface area contributed by atoms with E-state index < -0.39 is 27.7 Å². The summed E-state index contributed by atoms with van der Waals surface area (Å²) in [6.07, 6.45) is 2.72. The van der Waals surface area contributed by atoms with Crippen molar-refractivity contribution in [1.29, 1.82) is 0 Å². The SMILES string of the molecule is Cc1cc(S(=O)(=O)N2CCCC[C@H]2CCNC(=O)C(=O)NCC(C)C)ccc1F. The molecular formula is C20H30FN3O4S. The van der Waals surface area contributed by atoms with Crippen molar-refractivity contribution < 1.29 is 22.4 Å². The van der Waals surface area contributed by atoms with Crippen molar-refractivity contribution in [3.8, 4) is 0 Å². The highest BCUT2D eigenvalue weighted by atomic mass is 32.2. The lowest BCUT2D eigenvalue weighted by atomic mass is 10.0. The number of amides is 2. The smallest absolute Gasteiger partial charge is 0.309 e. The predicted molar refractivity (Wildman–Crippen MR) is 108 cm³/mol. The van der Waals surface area contributed by atoms with Gasteiger partial charge in [-0.1, -0.05) is 20.3 Å². The van der Waals surface area contributed by atoms with E-state index in [1.165, 1.54) is 23.4 Å². The maximum Gasteiger partial charge on any atom is 0.309 e. The van der Waals surface area contributed by atoms with E-state index in [-0.39, 0.29) is 29.0 Å². The summed E-state index contributed by atoms with van der Waals surface area (Å²) in [4.78, 5) is 23.7. The first-order valence-corrected chi connectivity index (χ1v) is 11.4. The fraction of sp³-hybridized carbons (Fsp3) is 0.600. The Kier molecular flexibility index (Phi) is 8.15. The van der Waals surface area contributed by atoms with Crippen molar-refractivity contribution in [2.24, 2.45) is 5.92 Å². The number of carbonyl (C=O) groups is 2. The zero-order chi connectivity index (χ0) is 21.6. The minimum Gasteiger partial charge on any atom is -0.348 e. The zero-order valence-corrected chi connectivity index (χ0v) is 18.0. The molecule has 1 aromatic carbocycles. The molecule has 7 nitrogen and oxygen atoms in total. The third-order valence-electron chi connectivity index (χ3n) is 4.95. The summed E-state index contributed by atoms with van der Waals surface area (Å²) in [5.41, 5.74) is 0.277. The van der Waals surface area contributed by atoms with Crippen LogP contribution in [0.15, 0.2) is 23.1 Å². The normalized spacial score (nSPS) is 17.9. The number of benzene rings is 1. The van der Waals surface area contributed by atoms with Gasteiger partial charge in [-0.25, -0.2) is 12.8 Å². The summed E-state index contributed by atoms with van der Waals surface area (Å²) in [6, 6.07) is 3.51. The van der Waals surface area contributed by atoms with Gasteiger partial charge in [-0.15, -0.1) is 0 Å². The number of sulfonamides is 1. The van der Waals surface area contributed by atoms with Gasteiger partial charge < -0.3 is 10.6 Å².